The molecule has 1 aliphatic heterocycles. The van der Waals surface area contributed by atoms with Crippen LogP contribution in [0.1, 0.15) is 29.8 Å². The fraction of sp³-hybridized carbons (Fsp3) is 0.353. The van der Waals surface area contributed by atoms with Gasteiger partial charge in [-0.25, -0.2) is 0 Å². The molecule has 2 N–H and O–H groups in total. The fourth-order valence-electron chi connectivity index (χ4n) is 3.10. The number of nitrogens with zero attached hydrogens (tertiary/aromatic N) is 2. The molecule has 0 spiro atoms. The second-order valence-electron chi connectivity index (χ2n) is 5.95. The number of rotatable bonds is 3. The molecule has 0 aliphatic carbocycles. The van der Waals surface area contributed by atoms with Crippen LogP contribution in [0.5, 0.6) is 0 Å². The van der Waals surface area contributed by atoms with Gasteiger partial charge in [0.15, 0.2) is 0 Å². The number of benzene rings is 1. The number of hydrogen-bond donors (Lipinski definition) is 2. The van der Waals surface area contributed by atoms with Crippen LogP contribution in [0, 0.1) is 6.92 Å². The van der Waals surface area contributed by atoms with E-state index in [1.807, 2.05) is 19.8 Å². The summed E-state index contributed by atoms with van der Waals surface area (Å²) in [4.78, 5) is 2.11. The van der Waals surface area contributed by atoms with E-state index < -0.39 is 0 Å². The number of piperidine rings is 1. The van der Waals surface area contributed by atoms with Crippen molar-refractivity contribution >= 4 is 12.6 Å². The van der Waals surface area contributed by atoms with Gasteiger partial charge in [-0.15, -0.1) is 0 Å². The lowest BCUT2D eigenvalue weighted by molar-refractivity contribution is 0.345. The SMILES string of the molecule is CB(O)N1CCC(=C(c2ccccc2)c2cc(C)[nH]n2)CC1. The molecule has 1 aromatic carbocycles. The van der Waals surface area contributed by atoms with Gasteiger partial charge < -0.3 is 9.83 Å². The third-order valence-corrected chi connectivity index (χ3v) is 4.31. The van der Waals surface area contributed by atoms with Gasteiger partial charge in [-0.1, -0.05) is 35.9 Å². The third-order valence-electron chi connectivity index (χ3n) is 4.31. The van der Waals surface area contributed by atoms with Crippen LogP contribution in [-0.2, 0) is 0 Å². The highest BCUT2D eigenvalue weighted by Gasteiger charge is 2.23. The minimum atomic E-state index is -0.366. The normalized spacial score (nSPS) is 15.9. The summed E-state index contributed by atoms with van der Waals surface area (Å²) in [5.41, 5.74) is 5.98. The Labute approximate surface area is 132 Å². The van der Waals surface area contributed by atoms with E-state index in [-0.39, 0.29) is 7.05 Å². The first kappa shape index (κ1) is 15.1. The summed E-state index contributed by atoms with van der Waals surface area (Å²) in [5.74, 6) is 0. The Hall–Kier alpha value is -1.85. The maximum Gasteiger partial charge on any atom is 0.376 e. The molecule has 114 valence electrons. The minimum Gasteiger partial charge on any atom is -0.437 e. The van der Waals surface area contributed by atoms with Gasteiger partial charge in [-0.3, -0.25) is 5.10 Å². The van der Waals surface area contributed by atoms with Crippen molar-refractivity contribution in [3.05, 3.63) is 58.9 Å². The molecule has 3 rings (SSSR count). The highest BCUT2D eigenvalue weighted by Crippen LogP contribution is 2.31. The lowest BCUT2D eigenvalue weighted by Crippen LogP contribution is -2.41. The van der Waals surface area contributed by atoms with Crippen LogP contribution in [-0.4, -0.2) is 40.2 Å². The quantitative estimate of drug-likeness (QED) is 0.856. The molecular formula is C17H22BN3O. The summed E-state index contributed by atoms with van der Waals surface area (Å²) in [6.45, 7) is 5.66. The van der Waals surface area contributed by atoms with Gasteiger partial charge >= 0.3 is 7.05 Å². The second-order valence-corrected chi connectivity index (χ2v) is 5.95. The van der Waals surface area contributed by atoms with Crippen LogP contribution in [0.15, 0.2) is 42.0 Å². The van der Waals surface area contributed by atoms with E-state index in [9.17, 15) is 5.02 Å². The average Bonchev–Trinajstić information content (AvgIpc) is 2.95. The summed E-state index contributed by atoms with van der Waals surface area (Å²) in [7, 11) is -0.366. The molecular weight excluding hydrogens is 273 g/mol. The van der Waals surface area contributed by atoms with Crippen molar-refractivity contribution in [1.82, 2.24) is 15.0 Å². The Kier molecular flexibility index (Phi) is 4.45. The fourth-order valence-corrected chi connectivity index (χ4v) is 3.10. The molecule has 1 aliphatic rings. The average molecular weight is 295 g/mol. The highest BCUT2D eigenvalue weighted by molar-refractivity contribution is 6.45. The maximum absolute atomic E-state index is 9.73. The van der Waals surface area contributed by atoms with Crippen LogP contribution in [0.4, 0.5) is 0 Å². The third kappa shape index (κ3) is 3.15. The Balaban J connectivity index is 1.98. The topological polar surface area (TPSA) is 52.1 Å². The molecule has 0 radical (unpaired) electrons. The Morgan fingerprint density at radius 3 is 2.45 bits per heavy atom. The van der Waals surface area contributed by atoms with E-state index in [4.69, 9.17) is 0 Å². The molecule has 1 saturated heterocycles. The van der Waals surface area contributed by atoms with E-state index in [1.165, 1.54) is 16.7 Å². The molecule has 4 nitrogen and oxygen atoms in total. The molecule has 0 atom stereocenters. The van der Waals surface area contributed by atoms with Crippen LogP contribution in [0.3, 0.4) is 0 Å². The van der Waals surface area contributed by atoms with Crippen molar-refractivity contribution in [1.29, 1.82) is 0 Å². The maximum atomic E-state index is 9.73. The van der Waals surface area contributed by atoms with Crippen LogP contribution < -0.4 is 0 Å². The summed E-state index contributed by atoms with van der Waals surface area (Å²) in [6, 6.07) is 12.6. The van der Waals surface area contributed by atoms with Crippen molar-refractivity contribution in [3.63, 3.8) is 0 Å². The smallest absolute Gasteiger partial charge is 0.376 e. The number of H-pyrrole nitrogens is 1. The van der Waals surface area contributed by atoms with Crippen LogP contribution in [0.25, 0.3) is 5.57 Å². The van der Waals surface area contributed by atoms with E-state index in [0.717, 1.165) is 37.3 Å². The van der Waals surface area contributed by atoms with Gasteiger partial charge in [0, 0.05) is 11.3 Å². The van der Waals surface area contributed by atoms with Crippen LogP contribution >= 0.6 is 0 Å². The van der Waals surface area contributed by atoms with E-state index in [2.05, 4.69) is 45.3 Å². The Morgan fingerprint density at radius 1 is 1.23 bits per heavy atom. The lowest BCUT2D eigenvalue weighted by Gasteiger charge is -2.30. The molecule has 1 fully saturated rings. The summed E-state index contributed by atoms with van der Waals surface area (Å²) in [5, 5.41) is 17.3. The second kappa shape index (κ2) is 6.50. The molecule has 5 heteroatoms. The van der Waals surface area contributed by atoms with Crippen molar-refractivity contribution in [2.24, 2.45) is 0 Å². The highest BCUT2D eigenvalue weighted by atomic mass is 16.2. The largest absolute Gasteiger partial charge is 0.437 e. The van der Waals surface area contributed by atoms with E-state index >= 15 is 0 Å². The Morgan fingerprint density at radius 2 is 1.91 bits per heavy atom. The van der Waals surface area contributed by atoms with Crippen molar-refractivity contribution in [2.75, 3.05) is 13.1 Å². The molecule has 0 amide bonds. The predicted octanol–water partition coefficient (Wildman–Crippen LogP) is 2.73. The summed E-state index contributed by atoms with van der Waals surface area (Å²) in [6.07, 6.45) is 1.95. The first-order valence-corrected chi connectivity index (χ1v) is 7.87. The van der Waals surface area contributed by atoms with E-state index in [1.54, 1.807) is 0 Å². The zero-order valence-corrected chi connectivity index (χ0v) is 13.2. The van der Waals surface area contributed by atoms with Crippen molar-refractivity contribution in [2.45, 2.75) is 26.6 Å². The monoisotopic (exact) mass is 295 g/mol. The first-order chi connectivity index (χ1) is 10.6. The summed E-state index contributed by atoms with van der Waals surface area (Å²) >= 11 is 0. The first-order valence-electron chi connectivity index (χ1n) is 7.87. The minimum absolute atomic E-state index is 0.366. The van der Waals surface area contributed by atoms with Gasteiger partial charge in [0.25, 0.3) is 0 Å². The molecule has 1 aromatic heterocycles. The zero-order valence-electron chi connectivity index (χ0n) is 13.2. The number of nitrogens with one attached hydrogen (secondary N) is 1. The zero-order chi connectivity index (χ0) is 15.5. The van der Waals surface area contributed by atoms with Gasteiger partial charge in [-0.05, 0) is 51.3 Å². The molecule has 0 bridgehead atoms. The number of aromatic nitrogens is 2. The lowest BCUT2D eigenvalue weighted by atomic mass is 9.81. The molecule has 2 aromatic rings. The number of aromatic amines is 1. The Bertz CT molecular complexity index is 654. The number of aryl methyl sites for hydroxylation is 1. The van der Waals surface area contributed by atoms with Gasteiger partial charge in [-0.2, -0.15) is 5.10 Å². The van der Waals surface area contributed by atoms with Crippen molar-refractivity contribution < 1.29 is 5.02 Å². The molecule has 0 unspecified atom stereocenters. The van der Waals surface area contributed by atoms with Gasteiger partial charge in [0.1, 0.15) is 0 Å². The standard InChI is InChI=1S/C17H22BN3O/c1-13-12-16(20-19-13)17(14-6-4-3-5-7-14)15-8-10-21(11-9-15)18(2)22/h3-7,12,22H,8-11H2,1-2H3,(H,19,20). The van der Waals surface area contributed by atoms with Crippen molar-refractivity contribution in [3.8, 4) is 0 Å². The molecule has 2 heterocycles. The molecule has 0 saturated carbocycles. The van der Waals surface area contributed by atoms with Crippen LogP contribution in [0.2, 0.25) is 6.82 Å². The van der Waals surface area contributed by atoms with Gasteiger partial charge in [0.05, 0.1) is 5.69 Å². The predicted molar refractivity (Wildman–Crippen MR) is 90.4 cm³/mol. The summed E-state index contributed by atoms with van der Waals surface area (Å²) < 4.78 is 0. The molecule has 22 heavy (non-hydrogen) atoms. The number of hydrogen-bond acceptors (Lipinski definition) is 3. The van der Waals surface area contributed by atoms with E-state index in [0.29, 0.717) is 0 Å². The van der Waals surface area contributed by atoms with Gasteiger partial charge in [0.2, 0.25) is 0 Å².